The summed E-state index contributed by atoms with van der Waals surface area (Å²) in [6.45, 7) is 5.61. The van der Waals surface area contributed by atoms with E-state index in [1.165, 1.54) is 11.3 Å². The van der Waals surface area contributed by atoms with Crippen molar-refractivity contribution < 1.29 is 4.79 Å². The average molecular weight is 278 g/mol. The Kier molecular flexibility index (Phi) is 3.96. The quantitative estimate of drug-likeness (QED) is 0.862. The summed E-state index contributed by atoms with van der Waals surface area (Å²) in [5.74, 6) is -0.153. The zero-order chi connectivity index (χ0) is 14.0. The molecule has 0 aliphatic heterocycles. The number of nitrogens with zero attached hydrogens (tertiary/aromatic N) is 2. The summed E-state index contributed by atoms with van der Waals surface area (Å²) in [5, 5.41) is 13.0. The molecule has 1 fully saturated rings. The molecule has 1 aromatic rings. The second-order valence-electron chi connectivity index (χ2n) is 4.56. The van der Waals surface area contributed by atoms with Crippen LogP contribution >= 0.6 is 11.3 Å². The summed E-state index contributed by atoms with van der Waals surface area (Å²) < 4.78 is 0. The van der Waals surface area contributed by atoms with E-state index in [1.54, 1.807) is 0 Å². The molecule has 6 heteroatoms. The van der Waals surface area contributed by atoms with Crippen molar-refractivity contribution in [1.29, 1.82) is 5.26 Å². The monoisotopic (exact) mass is 278 g/mol. The first kappa shape index (κ1) is 13.7. The highest BCUT2D eigenvalue weighted by atomic mass is 32.1. The van der Waals surface area contributed by atoms with Gasteiger partial charge in [-0.2, -0.15) is 5.26 Å². The number of carbonyl (C=O) groups is 1. The van der Waals surface area contributed by atoms with E-state index in [0.717, 1.165) is 30.9 Å². The summed E-state index contributed by atoms with van der Waals surface area (Å²) in [7, 11) is 0. The lowest BCUT2D eigenvalue weighted by Crippen LogP contribution is -2.25. The Bertz CT molecular complexity index is 523. The van der Waals surface area contributed by atoms with Gasteiger partial charge in [0.25, 0.3) is 5.91 Å². The average Bonchev–Trinajstić information content (AvgIpc) is 3.14. The molecule has 102 valence electrons. The maximum Gasteiger partial charge on any atom is 0.263 e. The molecule has 2 rings (SSSR count). The van der Waals surface area contributed by atoms with Crippen LogP contribution in [0.1, 0.15) is 41.9 Å². The number of rotatable bonds is 5. The second-order valence-corrected chi connectivity index (χ2v) is 5.56. The third-order valence-corrected chi connectivity index (χ3v) is 4.47. The van der Waals surface area contributed by atoms with Gasteiger partial charge in [0.05, 0.1) is 5.69 Å². The Hall–Kier alpha value is -1.74. The zero-order valence-electron chi connectivity index (χ0n) is 11.2. The number of nitrogens with one attached hydrogen (secondary N) is 1. The first-order chi connectivity index (χ1) is 9.12. The minimum absolute atomic E-state index is 0.153. The molecule has 5 nitrogen and oxygen atoms in total. The lowest BCUT2D eigenvalue weighted by atomic mass is 10.2. The highest BCUT2D eigenvalue weighted by Crippen LogP contribution is 2.38. The van der Waals surface area contributed by atoms with Gasteiger partial charge in [-0.25, -0.2) is 0 Å². The van der Waals surface area contributed by atoms with Crippen molar-refractivity contribution in [1.82, 2.24) is 5.32 Å². The first-order valence-electron chi connectivity index (χ1n) is 6.50. The van der Waals surface area contributed by atoms with Gasteiger partial charge in [-0.05, 0) is 26.7 Å². The number of nitrogen functional groups attached to an aromatic ring is 1. The van der Waals surface area contributed by atoms with Gasteiger partial charge in [-0.15, -0.1) is 11.3 Å². The summed E-state index contributed by atoms with van der Waals surface area (Å²) >= 11 is 1.31. The number of thiophene rings is 1. The molecule has 19 heavy (non-hydrogen) atoms. The molecule has 0 radical (unpaired) electrons. The van der Waals surface area contributed by atoms with Crippen molar-refractivity contribution in [3.8, 4) is 6.07 Å². The van der Waals surface area contributed by atoms with Crippen LogP contribution in [0, 0.1) is 11.3 Å². The molecule has 0 saturated heterocycles. The van der Waals surface area contributed by atoms with Gasteiger partial charge in [0, 0.05) is 19.1 Å². The molecule has 0 unspecified atom stereocenters. The number of carbonyl (C=O) groups excluding carboxylic acids is 1. The SMILES string of the molecule is CCN(CC)c1sc(C(=O)NC2CC2)c(N)c1C#N. The van der Waals surface area contributed by atoms with Crippen molar-refractivity contribution >= 4 is 27.9 Å². The van der Waals surface area contributed by atoms with Gasteiger partial charge >= 0.3 is 0 Å². The number of nitrogens with two attached hydrogens (primary N) is 1. The predicted molar refractivity (Wildman–Crippen MR) is 77.5 cm³/mol. The number of nitriles is 1. The van der Waals surface area contributed by atoms with Crippen LogP contribution in [-0.2, 0) is 0 Å². The molecule has 0 spiro atoms. The van der Waals surface area contributed by atoms with Gasteiger partial charge in [-0.3, -0.25) is 4.79 Å². The molecule has 0 atom stereocenters. The van der Waals surface area contributed by atoms with Gasteiger partial charge in [0.1, 0.15) is 21.5 Å². The fourth-order valence-electron chi connectivity index (χ4n) is 1.92. The smallest absolute Gasteiger partial charge is 0.263 e. The Morgan fingerprint density at radius 1 is 1.53 bits per heavy atom. The van der Waals surface area contributed by atoms with Crippen molar-refractivity contribution in [2.24, 2.45) is 0 Å². The van der Waals surface area contributed by atoms with Crippen LogP contribution in [0.15, 0.2) is 0 Å². The van der Waals surface area contributed by atoms with Crippen LogP contribution in [-0.4, -0.2) is 25.0 Å². The third-order valence-electron chi connectivity index (χ3n) is 3.21. The summed E-state index contributed by atoms with van der Waals surface area (Å²) in [6.07, 6.45) is 2.07. The molecule has 1 aliphatic rings. The van der Waals surface area contributed by atoms with Crippen molar-refractivity contribution in [2.45, 2.75) is 32.7 Å². The van der Waals surface area contributed by atoms with E-state index in [-0.39, 0.29) is 11.9 Å². The fourth-order valence-corrected chi connectivity index (χ4v) is 3.12. The topological polar surface area (TPSA) is 82.2 Å². The number of anilines is 2. The largest absolute Gasteiger partial charge is 0.396 e. The first-order valence-corrected chi connectivity index (χ1v) is 7.32. The minimum atomic E-state index is -0.153. The van der Waals surface area contributed by atoms with E-state index < -0.39 is 0 Å². The zero-order valence-corrected chi connectivity index (χ0v) is 12.0. The van der Waals surface area contributed by atoms with Crippen LogP contribution in [0.3, 0.4) is 0 Å². The van der Waals surface area contributed by atoms with Gasteiger partial charge in [-0.1, -0.05) is 0 Å². The van der Waals surface area contributed by atoms with Crippen molar-refractivity contribution in [2.75, 3.05) is 23.7 Å². The van der Waals surface area contributed by atoms with E-state index in [9.17, 15) is 10.1 Å². The Morgan fingerprint density at radius 3 is 2.63 bits per heavy atom. The molecule has 1 aromatic heterocycles. The number of hydrogen-bond acceptors (Lipinski definition) is 5. The molecular formula is C13H18N4OS. The predicted octanol–water partition coefficient (Wildman–Crippen LogP) is 1.94. The van der Waals surface area contributed by atoms with Crippen molar-refractivity contribution in [3.05, 3.63) is 10.4 Å². The van der Waals surface area contributed by atoms with E-state index in [2.05, 4.69) is 11.4 Å². The van der Waals surface area contributed by atoms with E-state index in [0.29, 0.717) is 16.1 Å². The number of hydrogen-bond donors (Lipinski definition) is 2. The lowest BCUT2D eigenvalue weighted by molar-refractivity contribution is 0.0956. The summed E-state index contributed by atoms with van der Waals surface area (Å²) in [6, 6.07) is 2.41. The Labute approximate surface area is 117 Å². The number of amides is 1. The molecule has 3 N–H and O–H groups in total. The molecule has 1 saturated carbocycles. The third kappa shape index (κ3) is 2.66. The molecule has 1 heterocycles. The van der Waals surface area contributed by atoms with Crippen molar-refractivity contribution in [3.63, 3.8) is 0 Å². The standard InChI is InChI=1S/C13H18N4OS/c1-3-17(4-2)13-9(7-14)10(15)11(19-13)12(18)16-8-5-6-8/h8H,3-6,15H2,1-2H3,(H,16,18). The van der Waals surface area contributed by atoms with Crippen LogP contribution in [0.4, 0.5) is 10.7 Å². The van der Waals surface area contributed by atoms with Crippen LogP contribution < -0.4 is 16.0 Å². The highest BCUT2D eigenvalue weighted by Gasteiger charge is 2.28. The fraction of sp³-hybridized carbons (Fsp3) is 0.538. The molecule has 0 bridgehead atoms. The lowest BCUT2D eigenvalue weighted by Gasteiger charge is -2.18. The van der Waals surface area contributed by atoms with Gasteiger partial charge in [0.2, 0.25) is 0 Å². The summed E-state index contributed by atoms with van der Waals surface area (Å²) in [4.78, 5) is 14.6. The van der Waals surface area contributed by atoms with E-state index in [1.807, 2.05) is 18.7 Å². The van der Waals surface area contributed by atoms with Crippen LogP contribution in [0.2, 0.25) is 0 Å². The Morgan fingerprint density at radius 2 is 2.16 bits per heavy atom. The Balaban J connectivity index is 2.34. The molecule has 1 aliphatic carbocycles. The van der Waals surface area contributed by atoms with E-state index >= 15 is 0 Å². The molecular weight excluding hydrogens is 260 g/mol. The second kappa shape index (κ2) is 5.49. The minimum Gasteiger partial charge on any atom is -0.396 e. The van der Waals surface area contributed by atoms with E-state index in [4.69, 9.17) is 5.73 Å². The maximum atomic E-state index is 12.1. The normalized spacial score (nSPS) is 13.9. The van der Waals surface area contributed by atoms with Gasteiger partial charge < -0.3 is 16.0 Å². The van der Waals surface area contributed by atoms with Crippen LogP contribution in [0.5, 0.6) is 0 Å². The van der Waals surface area contributed by atoms with Gasteiger partial charge in [0.15, 0.2) is 0 Å². The molecule has 0 aromatic carbocycles. The summed E-state index contributed by atoms with van der Waals surface area (Å²) in [5.41, 5.74) is 6.70. The van der Waals surface area contributed by atoms with Crippen LogP contribution in [0.25, 0.3) is 0 Å². The maximum absolute atomic E-state index is 12.1. The molecule has 1 amide bonds. The highest BCUT2D eigenvalue weighted by molar-refractivity contribution is 7.19.